The molecule has 5 unspecified atom stereocenters. The molecule has 4 aliphatic rings. The predicted octanol–water partition coefficient (Wildman–Crippen LogP) is 2.46. The summed E-state index contributed by atoms with van der Waals surface area (Å²) < 4.78 is 36.2. The third kappa shape index (κ3) is 17.4. The zero-order chi connectivity index (χ0) is 60.8. The molecule has 4 rings (SSSR count). The van der Waals surface area contributed by atoms with Crippen LogP contribution in [-0.4, -0.2) is 223 Å². The van der Waals surface area contributed by atoms with Crippen molar-refractivity contribution in [1.29, 1.82) is 0 Å². The molecule has 9 N–H and O–H groups in total. The fraction of sp³-hybridized carbons (Fsp3) is 0.931. The first-order valence-corrected chi connectivity index (χ1v) is 28.9. The Morgan fingerprint density at radius 2 is 0.886 bits per heavy atom. The van der Waals surface area contributed by atoms with Crippen LogP contribution in [0.4, 0.5) is 0 Å². The summed E-state index contributed by atoms with van der Waals surface area (Å²) in [5.74, 6) is -9.48. The van der Waals surface area contributed by atoms with Gasteiger partial charge in [-0.1, -0.05) is 62.3 Å². The summed E-state index contributed by atoms with van der Waals surface area (Å²) in [7, 11) is 7.39. The van der Waals surface area contributed by atoms with Crippen LogP contribution in [0.15, 0.2) is 0 Å². The molecule has 79 heavy (non-hydrogen) atoms. The van der Waals surface area contributed by atoms with Gasteiger partial charge in [0, 0.05) is 72.3 Å². The largest absolute Gasteiger partial charge is 0.462 e. The first kappa shape index (κ1) is 70.9. The van der Waals surface area contributed by atoms with Crippen molar-refractivity contribution >= 4 is 23.5 Å². The molecule has 0 aromatic heterocycles. The van der Waals surface area contributed by atoms with Gasteiger partial charge in [-0.05, 0) is 95.9 Å². The minimum absolute atomic E-state index is 0.0304. The van der Waals surface area contributed by atoms with Gasteiger partial charge in [0.1, 0.15) is 23.8 Å². The number of carbonyl (C=O) groups is 4. The highest BCUT2D eigenvalue weighted by Gasteiger charge is 2.50. The van der Waals surface area contributed by atoms with Crippen molar-refractivity contribution in [2.45, 2.75) is 258 Å². The summed E-state index contributed by atoms with van der Waals surface area (Å²) >= 11 is 0. The molecule has 0 spiro atoms. The summed E-state index contributed by atoms with van der Waals surface area (Å²) in [5.41, 5.74) is -3.42. The summed E-state index contributed by atoms with van der Waals surface area (Å²) in [6.45, 7) is 26.2. The number of aliphatic hydroxyl groups is 9. The molecule has 21 nitrogen and oxygen atoms in total. The monoisotopic (exact) mass is 1130 g/mol. The molecule has 4 aliphatic heterocycles. The standard InChI is InChI=1S/C29H53NO10.C29H53NO9/c1-13-12-29(8,37)27(35)16(4)25(39-21-11-20(30(9)10)24(34)19(7)38-21)17(5)28(36)40-26(18(6)31)15(3)23(33)14(2)22(13)32;1-11-21-15(3)24(32)16(4)23(31)14(2)13-29(8,36)27(34)17(5)26(18(6)28(35)38-21)39-22-12-20(30(9)10)25(33)19(7)37-22/h13-21,23-27,31,33-35,37H,11-12H2,1-10H3;14-22,24-27,32-34,36H,11-13H2,1-10H3/t13-,14+,15-,16+,17-,18?,19?,20?,21+,23-,24-,25+,26+,27-,29-;14-,15+,16+,17+,18-,19?,20?,21-,22+,24+,25-,26+,27-,29-/m11/s1. The lowest BCUT2D eigenvalue weighted by Gasteiger charge is -2.45. The molecular formula is C58H106N2O19. The lowest BCUT2D eigenvalue weighted by atomic mass is 9.75. The van der Waals surface area contributed by atoms with Crippen LogP contribution in [0, 0.1) is 59.2 Å². The lowest BCUT2D eigenvalue weighted by molar-refractivity contribution is -0.269. The fourth-order valence-electron chi connectivity index (χ4n) is 12.7. The van der Waals surface area contributed by atoms with Crippen molar-refractivity contribution in [3.8, 4) is 0 Å². The van der Waals surface area contributed by atoms with Crippen molar-refractivity contribution < 1.29 is 93.6 Å². The number of nitrogens with zero attached hydrogens (tertiary/aromatic N) is 2. The second-order valence-electron chi connectivity index (χ2n) is 25.5. The van der Waals surface area contributed by atoms with Gasteiger partial charge in [0.2, 0.25) is 0 Å². The van der Waals surface area contributed by atoms with Crippen LogP contribution in [0.5, 0.6) is 0 Å². The molecular weight excluding hydrogens is 1030 g/mol. The Balaban J connectivity index is 0.000000415. The Morgan fingerprint density at radius 3 is 1.22 bits per heavy atom. The summed E-state index contributed by atoms with van der Waals surface area (Å²) in [6.07, 6.45) is -13.1. The van der Waals surface area contributed by atoms with Crippen molar-refractivity contribution in [2.24, 2.45) is 59.2 Å². The van der Waals surface area contributed by atoms with Crippen LogP contribution < -0.4 is 0 Å². The zero-order valence-corrected chi connectivity index (χ0v) is 51.1. The number of ether oxygens (including phenoxy) is 6. The smallest absolute Gasteiger partial charge is 0.311 e. The molecule has 29 atom stereocenters. The van der Waals surface area contributed by atoms with E-state index < -0.39 is 174 Å². The van der Waals surface area contributed by atoms with E-state index in [1.54, 1.807) is 83.1 Å². The summed E-state index contributed by atoms with van der Waals surface area (Å²) in [5, 5.41) is 99.2. The van der Waals surface area contributed by atoms with Gasteiger partial charge in [-0.3, -0.25) is 19.2 Å². The van der Waals surface area contributed by atoms with Crippen molar-refractivity contribution in [3.05, 3.63) is 0 Å². The van der Waals surface area contributed by atoms with E-state index in [1.165, 1.54) is 20.8 Å². The lowest BCUT2D eigenvalue weighted by Crippen LogP contribution is -2.56. The number of ketones is 2. The minimum atomic E-state index is -1.73. The first-order valence-electron chi connectivity index (χ1n) is 28.9. The van der Waals surface area contributed by atoms with E-state index in [9.17, 15) is 65.1 Å². The number of esters is 2. The normalized spacial score (nSPS) is 47.5. The summed E-state index contributed by atoms with van der Waals surface area (Å²) in [4.78, 5) is 57.2. The van der Waals surface area contributed by atoms with E-state index in [0.29, 0.717) is 19.3 Å². The van der Waals surface area contributed by atoms with Gasteiger partial charge in [0.25, 0.3) is 0 Å². The number of carbonyl (C=O) groups excluding carboxylic acids is 4. The third-order valence-electron chi connectivity index (χ3n) is 18.2. The second kappa shape index (κ2) is 29.5. The molecule has 0 aromatic carbocycles. The molecule has 4 heterocycles. The average molecular weight is 1140 g/mol. The molecule has 4 fully saturated rings. The van der Waals surface area contributed by atoms with Crippen LogP contribution in [0.3, 0.4) is 0 Å². The maximum atomic E-state index is 13.5. The summed E-state index contributed by atoms with van der Waals surface area (Å²) in [6, 6.07) is -0.530. The quantitative estimate of drug-likeness (QED) is 0.158. The van der Waals surface area contributed by atoms with E-state index in [0.717, 1.165) is 0 Å². The van der Waals surface area contributed by atoms with Gasteiger partial charge < -0.3 is 84.2 Å². The molecule has 4 saturated heterocycles. The van der Waals surface area contributed by atoms with E-state index in [4.69, 9.17) is 28.4 Å². The SMILES string of the molecule is CC1O[C@@H](O[C@H]2[C@H](C)[C@@H](O)[C@](C)(O)C[C@@H](C)C(=O)[C@H](C)[C@@H](O)[C@@H](C)[C@@H](C(C)O)OC(=O)[C@@H]2C)CC(N(C)C)[C@@H]1O.CC[C@H]1OC(=O)[C@H](C)[C@@H](O[C@H]2CC(N(C)C)[C@H](O)C(C)O2)[C@H](C)[C@@H](O)[C@](C)(O)C[C@@H](C)C(=O)[C@H](C)[C@@H](O)[C@H]1C. The highest BCUT2D eigenvalue weighted by Crippen LogP contribution is 2.39. The molecule has 462 valence electrons. The zero-order valence-electron chi connectivity index (χ0n) is 51.1. The van der Waals surface area contributed by atoms with Crippen molar-refractivity contribution in [1.82, 2.24) is 9.80 Å². The van der Waals surface area contributed by atoms with Crippen LogP contribution in [0.1, 0.15) is 143 Å². The highest BCUT2D eigenvalue weighted by molar-refractivity contribution is 5.84. The van der Waals surface area contributed by atoms with Crippen molar-refractivity contribution in [3.63, 3.8) is 0 Å². The topological polar surface area (TPSA) is 312 Å². The van der Waals surface area contributed by atoms with Gasteiger partial charge >= 0.3 is 11.9 Å². The number of likely N-dealkylation sites (N-methyl/N-ethyl adjacent to an activating group) is 2. The van der Waals surface area contributed by atoms with E-state index >= 15 is 0 Å². The van der Waals surface area contributed by atoms with Gasteiger partial charge in [-0.15, -0.1) is 0 Å². The second-order valence-corrected chi connectivity index (χ2v) is 25.5. The third-order valence-corrected chi connectivity index (χ3v) is 18.2. The van der Waals surface area contributed by atoms with Gasteiger partial charge in [-0.25, -0.2) is 0 Å². The van der Waals surface area contributed by atoms with Crippen LogP contribution in [0.2, 0.25) is 0 Å². The molecule has 0 aliphatic carbocycles. The Kier molecular flexibility index (Phi) is 26.5. The Bertz CT molecular complexity index is 1940. The fourth-order valence-corrected chi connectivity index (χ4v) is 12.7. The Labute approximate surface area is 471 Å². The van der Waals surface area contributed by atoms with Gasteiger partial charge in [-0.2, -0.15) is 0 Å². The number of hydrogen-bond acceptors (Lipinski definition) is 21. The van der Waals surface area contributed by atoms with E-state index in [1.807, 2.05) is 44.9 Å². The first-order chi connectivity index (χ1) is 36.2. The van der Waals surface area contributed by atoms with Gasteiger partial charge in [0.05, 0.1) is 90.2 Å². The van der Waals surface area contributed by atoms with E-state index in [-0.39, 0.29) is 36.5 Å². The molecule has 0 radical (unpaired) electrons. The molecule has 21 heteroatoms. The highest BCUT2D eigenvalue weighted by atomic mass is 16.7. The average Bonchev–Trinajstić information content (AvgIpc) is 3.38. The van der Waals surface area contributed by atoms with Crippen molar-refractivity contribution in [2.75, 3.05) is 28.2 Å². The predicted molar refractivity (Wildman–Crippen MR) is 293 cm³/mol. The molecule has 0 saturated carbocycles. The number of cyclic esters (lactones) is 2. The Hall–Kier alpha value is -2.32. The molecule has 0 bridgehead atoms. The van der Waals surface area contributed by atoms with Gasteiger partial charge in [0.15, 0.2) is 12.6 Å². The Morgan fingerprint density at radius 1 is 0.544 bits per heavy atom. The number of Topliss-reactive ketones (excluding diaryl/α,β-unsaturated/α-hetero) is 2. The molecule has 0 amide bonds. The number of aliphatic hydroxyl groups excluding tert-OH is 7. The van der Waals surface area contributed by atoms with Crippen LogP contribution in [0.25, 0.3) is 0 Å². The number of hydrogen-bond donors (Lipinski definition) is 9. The van der Waals surface area contributed by atoms with E-state index in [2.05, 4.69) is 0 Å². The molecule has 0 aromatic rings. The van der Waals surface area contributed by atoms with Crippen LogP contribution in [-0.2, 0) is 47.6 Å². The van der Waals surface area contributed by atoms with Crippen LogP contribution >= 0.6 is 0 Å². The minimum Gasteiger partial charge on any atom is -0.462 e. The maximum Gasteiger partial charge on any atom is 0.311 e. The number of rotatable bonds is 8. The maximum absolute atomic E-state index is 13.5.